The Balaban J connectivity index is 3.71. The summed E-state index contributed by atoms with van der Waals surface area (Å²) in [7, 11) is 2.04. The van der Waals surface area contributed by atoms with Crippen LogP contribution in [0, 0.1) is 17.8 Å². The molecule has 0 fully saturated rings. The van der Waals surface area contributed by atoms with E-state index in [9.17, 15) is 0 Å². The molecule has 2 atom stereocenters. The second kappa shape index (κ2) is 7.18. The maximum absolute atomic E-state index is 3.34. The van der Waals surface area contributed by atoms with Crippen LogP contribution in [-0.4, -0.2) is 13.1 Å². The Bertz CT molecular complexity index is 152. The molecule has 0 radical (unpaired) electrons. The predicted octanol–water partition coefficient (Wildman–Crippen LogP) is 2.42. The van der Waals surface area contributed by atoms with E-state index in [-0.39, 0.29) is 0 Å². The average molecular weight is 167 g/mol. The van der Waals surface area contributed by atoms with E-state index in [1.807, 2.05) is 14.0 Å². The van der Waals surface area contributed by atoms with Gasteiger partial charge >= 0.3 is 0 Å². The first-order chi connectivity index (χ1) is 5.76. The van der Waals surface area contributed by atoms with E-state index in [1.165, 1.54) is 12.8 Å². The summed E-state index contributed by atoms with van der Waals surface area (Å²) < 4.78 is 0. The van der Waals surface area contributed by atoms with Crippen LogP contribution in [0.5, 0.6) is 0 Å². The van der Waals surface area contributed by atoms with Crippen molar-refractivity contribution in [3.05, 3.63) is 0 Å². The zero-order valence-corrected chi connectivity index (χ0v) is 8.78. The van der Waals surface area contributed by atoms with Gasteiger partial charge < -0.3 is 5.32 Å². The van der Waals surface area contributed by atoms with Crippen molar-refractivity contribution in [3.63, 3.8) is 0 Å². The highest BCUT2D eigenvalue weighted by atomic mass is 14.9. The molecule has 12 heavy (non-hydrogen) atoms. The molecule has 1 nitrogen and oxygen atoms in total. The van der Waals surface area contributed by atoms with Crippen LogP contribution in [0.25, 0.3) is 0 Å². The zero-order valence-electron chi connectivity index (χ0n) is 8.78. The van der Waals surface area contributed by atoms with Crippen molar-refractivity contribution in [2.45, 2.75) is 46.1 Å². The van der Waals surface area contributed by atoms with Gasteiger partial charge in [0.05, 0.1) is 0 Å². The van der Waals surface area contributed by atoms with E-state index in [4.69, 9.17) is 0 Å². The van der Waals surface area contributed by atoms with Crippen LogP contribution < -0.4 is 5.32 Å². The fourth-order valence-corrected chi connectivity index (χ4v) is 1.35. The molecule has 0 rings (SSSR count). The van der Waals surface area contributed by atoms with Crippen LogP contribution in [0.3, 0.4) is 0 Å². The van der Waals surface area contributed by atoms with Crippen LogP contribution in [0.2, 0.25) is 0 Å². The van der Waals surface area contributed by atoms with E-state index in [1.54, 1.807) is 0 Å². The Kier molecular flexibility index (Phi) is 6.90. The van der Waals surface area contributed by atoms with Gasteiger partial charge in [-0.05, 0) is 26.3 Å². The largest absolute Gasteiger partial charge is 0.317 e. The van der Waals surface area contributed by atoms with Gasteiger partial charge in [0.2, 0.25) is 0 Å². The third-order valence-corrected chi connectivity index (χ3v) is 2.46. The molecule has 0 aromatic heterocycles. The third-order valence-electron chi connectivity index (χ3n) is 2.46. The highest BCUT2D eigenvalue weighted by Crippen LogP contribution is 2.11. The Morgan fingerprint density at radius 2 is 2.08 bits per heavy atom. The monoisotopic (exact) mass is 167 g/mol. The fourth-order valence-electron chi connectivity index (χ4n) is 1.35. The molecule has 0 saturated heterocycles. The second-order valence-corrected chi connectivity index (χ2v) is 3.25. The molecular formula is C11H21N. The molecule has 0 saturated carbocycles. The van der Waals surface area contributed by atoms with E-state index in [0.29, 0.717) is 6.04 Å². The maximum atomic E-state index is 3.34. The molecule has 0 aliphatic heterocycles. The summed E-state index contributed by atoms with van der Waals surface area (Å²) in [5.74, 6) is 6.79. The van der Waals surface area contributed by atoms with Crippen molar-refractivity contribution < 1.29 is 0 Å². The standard InChI is InChI=1S/C11H21N/c1-5-7-8-9-11(12-4)10(3)6-2/h10-12H,6,8-9H2,1-4H3. The number of nitrogens with one attached hydrogen (secondary N) is 1. The molecule has 1 heteroatoms. The lowest BCUT2D eigenvalue weighted by Crippen LogP contribution is -2.31. The molecule has 1 N–H and O–H groups in total. The molecule has 0 aliphatic carbocycles. The minimum absolute atomic E-state index is 0.635. The van der Waals surface area contributed by atoms with E-state index in [0.717, 1.165) is 12.3 Å². The molecule has 0 aromatic carbocycles. The van der Waals surface area contributed by atoms with Gasteiger partial charge in [0, 0.05) is 12.5 Å². The Labute approximate surface area is 76.9 Å². The first kappa shape index (κ1) is 11.5. The van der Waals surface area contributed by atoms with E-state index < -0.39 is 0 Å². The summed E-state index contributed by atoms with van der Waals surface area (Å²) in [6.07, 6.45) is 3.43. The highest BCUT2D eigenvalue weighted by Gasteiger charge is 2.11. The third kappa shape index (κ3) is 4.41. The number of rotatable bonds is 5. The van der Waals surface area contributed by atoms with Crippen LogP contribution in [0.15, 0.2) is 0 Å². The first-order valence-electron chi connectivity index (χ1n) is 4.83. The lowest BCUT2D eigenvalue weighted by atomic mass is 9.95. The fraction of sp³-hybridized carbons (Fsp3) is 0.818. The van der Waals surface area contributed by atoms with Crippen molar-refractivity contribution in [1.29, 1.82) is 0 Å². The van der Waals surface area contributed by atoms with Gasteiger partial charge in [-0.15, -0.1) is 11.8 Å². The molecule has 0 aromatic rings. The molecule has 0 heterocycles. The van der Waals surface area contributed by atoms with Crippen molar-refractivity contribution >= 4 is 0 Å². The Hall–Kier alpha value is -0.480. The summed E-state index contributed by atoms with van der Waals surface area (Å²) in [4.78, 5) is 0. The Morgan fingerprint density at radius 1 is 1.42 bits per heavy atom. The van der Waals surface area contributed by atoms with Gasteiger partial charge in [-0.25, -0.2) is 0 Å². The summed E-state index contributed by atoms with van der Waals surface area (Å²) in [6, 6.07) is 0.635. The minimum Gasteiger partial charge on any atom is -0.317 e. The van der Waals surface area contributed by atoms with Crippen LogP contribution in [-0.2, 0) is 0 Å². The second-order valence-electron chi connectivity index (χ2n) is 3.25. The van der Waals surface area contributed by atoms with Crippen molar-refractivity contribution in [2.75, 3.05) is 7.05 Å². The van der Waals surface area contributed by atoms with Gasteiger partial charge in [0.1, 0.15) is 0 Å². The number of hydrogen-bond acceptors (Lipinski definition) is 1. The predicted molar refractivity (Wildman–Crippen MR) is 55.0 cm³/mol. The zero-order chi connectivity index (χ0) is 9.40. The first-order valence-corrected chi connectivity index (χ1v) is 4.83. The van der Waals surface area contributed by atoms with Gasteiger partial charge in [0.25, 0.3) is 0 Å². The maximum Gasteiger partial charge on any atom is 0.0103 e. The molecule has 0 spiro atoms. The van der Waals surface area contributed by atoms with Crippen molar-refractivity contribution in [3.8, 4) is 11.8 Å². The van der Waals surface area contributed by atoms with Gasteiger partial charge in [-0.1, -0.05) is 20.3 Å². The van der Waals surface area contributed by atoms with Gasteiger partial charge in [0.15, 0.2) is 0 Å². The Morgan fingerprint density at radius 3 is 2.50 bits per heavy atom. The summed E-state index contributed by atoms with van der Waals surface area (Å²) in [5, 5.41) is 3.34. The van der Waals surface area contributed by atoms with Crippen LogP contribution in [0.1, 0.15) is 40.0 Å². The van der Waals surface area contributed by atoms with E-state index in [2.05, 4.69) is 31.0 Å². The quantitative estimate of drug-likeness (QED) is 0.620. The molecule has 70 valence electrons. The molecular weight excluding hydrogens is 146 g/mol. The lowest BCUT2D eigenvalue weighted by molar-refractivity contribution is 0.372. The normalized spacial score (nSPS) is 14.7. The average Bonchev–Trinajstić information content (AvgIpc) is 2.11. The molecule has 0 bridgehead atoms. The summed E-state index contributed by atoms with van der Waals surface area (Å²) in [6.45, 7) is 6.43. The molecule has 2 unspecified atom stereocenters. The van der Waals surface area contributed by atoms with Crippen molar-refractivity contribution in [1.82, 2.24) is 5.32 Å². The van der Waals surface area contributed by atoms with Crippen LogP contribution >= 0.6 is 0 Å². The summed E-state index contributed by atoms with van der Waals surface area (Å²) in [5.41, 5.74) is 0. The topological polar surface area (TPSA) is 12.0 Å². The van der Waals surface area contributed by atoms with Gasteiger partial charge in [-0.3, -0.25) is 0 Å². The molecule has 0 amide bonds. The lowest BCUT2D eigenvalue weighted by Gasteiger charge is -2.21. The highest BCUT2D eigenvalue weighted by molar-refractivity contribution is 4.95. The smallest absolute Gasteiger partial charge is 0.0103 e. The van der Waals surface area contributed by atoms with Crippen LogP contribution in [0.4, 0.5) is 0 Å². The van der Waals surface area contributed by atoms with Gasteiger partial charge in [-0.2, -0.15) is 0 Å². The van der Waals surface area contributed by atoms with Crippen molar-refractivity contribution in [2.24, 2.45) is 5.92 Å². The van der Waals surface area contributed by atoms with E-state index >= 15 is 0 Å². The summed E-state index contributed by atoms with van der Waals surface area (Å²) >= 11 is 0. The number of hydrogen-bond donors (Lipinski definition) is 1. The SMILES string of the molecule is CC#CCCC(NC)C(C)CC. The minimum atomic E-state index is 0.635. The molecule has 0 aliphatic rings.